The number of hydrogen-bond donors (Lipinski definition) is 2. The molecule has 1 aliphatic heterocycles. The Kier molecular flexibility index (Phi) is 4.72. The normalized spacial score (nSPS) is 19.3. The summed E-state index contributed by atoms with van der Waals surface area (Å²) in [6, 6.07) is 0. The molecule has 0 amide bonds. The van der Waals surface area contributed by atoms with Gasteiger partial charge < -0.3 is 21.2 Å². The monoisotopic (exact) mass is 180 g/mol. The second-order valence-corrected chi connectivity index (χ2v) is 2.09. The summed E-state index contributed by atoms with van der Waals surface area (Å²) in [7, 11) is 0. The van der Waals surface area contributed by atoms with Gasteiger partial charge in [-0.1, -0.05) is 0 Å². The molecule has 0 bridgehead atoms. The van der Waals surface area contributed by atoms with Crippen molar-refractivity contribution in [3.05, 3.63) is 0 Å². The predicted molar refractivity (Wildman–Crippen MR) is 45.4 cm³/mol. The van der Waals surface area contributed by atoms with E-state index < -0.39 is 0 Å². The molecule has 0 unspecified atom stereocenters. The van der Waals surface area contributed by atoms with Crippen LogP contribution in [0.5, 0.6) is 0 Å². The number of guanidine groups is 1. The van der Waals surface area contributed by atoms with Gasteiger partial charge in [0.2, 0.25) is 5.96 Å². The number of hydrazone groups is 1. The molecule has 1 saturated heterocycles. The molecule has 1 fully saturated rings. The van der Waals surface area contributed by atoms with Crippen LogP contribution in [0.2, 0.25) is 0 Å². The second-order valence-electron chi connectivity index (χ2n) is 2.09. The zero-order valence-electron chi connectivity index (χ0n) is 6.19. The van der Waals surface area contributed by atoms with E-state index in [2.05, 4.69) is 5.10 Å². The standard InChI is InChI=1S/C5H12N4O.ClH/c6-5(8-7)9-1-3-10-4-2-9;/h1-4,7H2,(H2,6,8);1H. The molecule has 66 valence electrons. The first-order valence-electron chi connectivity index (χ1n) is 3.20. The van der Waals surface area contributed by atoms with E-state index in [-0.39, 0.29) is 12.4 Å². The molecule has 0 aromatic rings. The molecule has 0 atom stereocenters. The lowest BCUT2D eigenvalue weighted by atomic mass is 10.4. The number of hydrogen-bond acceptors (Lipinski definition) is 3. The van der Waals surface area contributed by atoms with Crippen LogP contribution >= 0.6 is 12.4 Å². The van der Waals surface area contributed by atoms with Crippen LogP contribution in [0.3, 0.4) is 0 Å². The van der Waals surface area contributed by atoms with E-state index in [0.717, 1.165) is 13.1 Å². The molecule has 0 aliphatic carbocycles. The van der Waals surface area contributed by atoms with Crippen LogP contribution < -0.4 is 11.6 Å². The third-order valence-corrected chi connectivity index (χ3v) is 1.47. The lowest BCUT2D eigenvalue weighted by Crippen LogP contribution is -2.45. The molecule has 5 nitrogen and oxygen atoms in total. The molecule has 0 radical (unpaired) electrons. The van der Waals surface area contributed by atoms with E-state index in [1.165, 1.54) is 0 Å². The van der Waals surface area contributed by atoms with Gasteiger partial charge in [-0.25, -0.2) is 0 Å². The molecular weight excluding hydrogens is 168 g/mol. The molecule has 0 aromatic heterocycles. The van der Waals surface area contributed by atoms with Crippen LogP contribution in [0.15, 0.2) is 5.10 Å². The maximum absolute atomic E-state index is 5.44. The number of nitrogens with two attached hydrogens (primary N) is 2. The highest BCUT2D eigenvalue weighted by Gasteiger charge is 2.11. The number of nitrogens with zero attached hydrogens (tertiary/aromatic N) is 2. The van der Waals surface area contributed by atoms with Gasteiger partial charge in [-0.05, 0) is 0 Å². The Morgan fingerprint density at radius 1 is 1.36 bits per heavy atom. The van der Waals surface area contributed by atoms with Gasteiger partial charge in [-0.15, -0.1) is 17.5 Å². The maximum atomic E-state index is 5.44. The average Bonchev–Trinajstić information content (AvgIpc) is 2.05. The van der Waals surface area contributed by atoms with E-state index in [4.69, 9.17) is 16.3 Å². The van der Waals surface area contributed by atoms with Gasteiger partial charge in [-0.2, -0.15) is 0 Å². The van der Waals surface area contributed by atoms with Gasteiger partial charge >= 0.3 is 0 Å². The predicted octanol–water partition coefficient (Wildman–Crippen LogP) is -1.07. The maximum Gasteiger partial charge on any atom is 0.213 e. The van der Waals surface area contributed by atoms with Gasteiger partial charge in [0.15, 0.2) is 0 Å². The average molecular weight is 181 g/mol. The SMILES string of the molecule is Cl.N/N=C(/N)N1CCOCC1. The van der Waals surface area contributed by atoms with Crippen molar-refractivity contribution in [1.82, 2.24) is 4.90 Å². The summed E-state index contributed by atoms with van der Waals surface area (Å²) < 4.78 is 5.10. The Bertz CT molecular complexity index is 134. The summed E-state index contributed by atoms with van der Waals surface area (Å²) in [5.41, 5.74) is 5.44. The quantitative estimate of drug-likeness (QED) is 0.215. The summed E-state index contributed by atoms with van der Waals surface area (Å²) >= 11 is 0. The van der Waals surface area contributed by atoms with Crippen molar-refractivity contribution < 1.29 is 4.74 Å². The number of ether oxygens (including phenoxy) is 1. The smallest absolute Gasteiger partial charge is 0.213 e. The van der Waals surface area contributed by atoms with E-state index in [1.807, 2.05) is 4.90 Å². The highest BCUT2D eigenvalue weighted by Crippen LogP contribution is 1.94. The van der Waals surface area contributed by atoms with Crippen molar-refractivity contribution in [1.29, 1.82) is 0 Å². The van der Waals surface area contributed by atoms with Gasteiger partial charge in [0, 0.05) is 13.1 Å². The van der Waals surface area contributed by atoms with Gasteiger partial charge in [0.1, 0.15) is 0 Å². The molecule has 6 heteroatoms. The zero-order chi connectivity index (χ0) is 7.40. The summed E-state index contributed by atoms with van der Waals surface area (Å²) in [6.45, 7) is 2.98. The van der Waals surface area contributed by atoms with Crippen LogP contribution in [-0.4, -0.2) is 37.2 Å². The molecule has 1 rings (SSSR count). The van der Waals surface area contributed by atoms with E-state index in [0.29, 0.717) is 19.2 Å². The minimum Gasteiger partial charge on any atom is -0.378 e. The topological polar surface area (TPSA) is 76.9 Å². The number of morpholine rings is 1. The van der Waals surface area contributed by atoms with Crippen molar-refractivity contribution in [2.75, 3.05) is 26.3 Å². The minimum atomic E-state index is 0. The molecule has 1 aliphatic rings. The highest BCUT2D eigenvalue weighted by atomic mass is 35.5. The lowest BCUT2D eigenvalue weighted by molar-refractivity contribution is 0.0674. The van der Waals surface area contributed by atoms with Crippen molar-refractivity contribution in [2.24, 2.45) is 16.7 Å². The lowest BCUT2D eigenvalue weighted by Gasteiger charge is -2.26. The molecule has 4 N–H and O–H groups in total. The highest BCUT2D eigenvalue weighted by molar-refractivity contribution is 5.85. The fourth-order valence-electron chi connectivity index (χ4n) is 0.874. The van der Waals surface area contributed by atoms with E-state index >= 15 is 0 Å². The zero-order valence-corrected chi connectivity index (χ0v) is 7.01. The molecule has 0 saturated carbocycles. The molecular formula is C5H13ClN4O. The van der Waals surface area contributed by atoms with Crippen LogP contribution in [0.4, 0.5) is 0 Å². The van der Waals surface area contributed by atoms with Crippen LogP contribution in [0.25, 0.3) is 0 Å². The Morgan fingerprint density at radius 3 is 2.36 bits per heavy atom. The van der Waals surface area contributed by atoms with E-state index in [9.17, 15) is 0 Å². The Hall–Kier alpha value is -0.680. The van der Waals surface area contributed by atoms with Crippen molar-refractivity contribution >= 4 is 18.4 Å². The molecule has 0 aromatic carbocycles. The van der Waals surface area contributed by atoms with Gasteiger partial charge in [-0.3, -0.25) is 0 Å². The fourth-order valence-corrected chi connectivity index (χ4v) is 0.874. The van der Waals surface area contributed by atoms with Crippen LogP contribution in [0, 0.1) is 0 Å². The van der Waals surface area contributed by atoms with Crippen molar-refractivity contribution in [2.45, 2.75) is 0 Å². The van der Waals surface area contributed by atoms with Crippen LogP contribution in [0.1, 0.15) is 0 Å². The Labute approximate surface area is 71.8 Å². The van der Waals surface area contributed by atoms with Gasteiger partial charge in [0.05, 0.1) is 13.2 Å². The summed E-state index contributed by atoms with van der Waals surface area (Å²) in [5, 5.41) is 3.38. The van der Waals surface area contributed by atoms with Crippen molar-refractivity contribution in [3.8, 4) is 0 Å². The molecule has 1 heterocycles. The Balaban J connectivity index is 0.000001000. The third kappa shape index (κ3) is 2.81. The Morgan fingerprint density at radius 2 is 1.91 bits per heavy atom. The first-order chi connectivity index (χ1) is 4.84. The summed E-state index contributed by atoms with van der Waals surface area (Å²) in [4.78, 5) is 1.89. The summed E-state index contributed by atoms with van der Waals surface area (Å²) in [6.07, 6.45) is 0. The second kappa shape index (κ2) is 5.03. The number of rotatable bonds is 0. The number of halogens is 1. The summed E-state index contributed by atoms with van der Waals surface area (Å²) in [5.74, 6) is 5.38. The van der Waals surface area contributed by atoms with Crippen LogP contribution in [-0.2, 0) is 4.74 Å². The first-order valence-corrected chi connectivity index (χ1v) is 3.20. The largest absolute Gasteiger partial charge is 0.378 e. The molecule has 11 heavy (non-hydrogen) atoms. The molecule has 0 spiro atoms. The minimum absolute atomic E-state index is 0. The third-order valence-electron chi connectivity index (χ3n) is 1.47. The first kappa shape index (κ1) is 10.3. The van der Waals surface area contributed by atoms with E-state index in [1.54, 1.807) is 0 Å². The van der Waals surface area contributed by atoms with Crippen molar-refractivity contribution in [3.63, 3.8) is 0 Å². The fraction of sp³-hybridized carbons (Fsp3) is 0.800. The van der Waals surface area contributed by atoms with Gasteiger partial charge in [0.25, 0.3) is 0 Å².